The van der Waals surface area contributed by atoms with E-state index in [1.807, 2.05) is 0 Å². The Morgan fingerprint density at radius 1 is 0.826 bits per heavy atom. The molecule has 0 saturated heterocycles. The fourth-order valence-corrected chi connectivity index (χ4v) is 3.12. The fourth-order valence-electron chi connectivity index (χ4n) is 1.86. The molecular weight excluding hydrogens is 320 g/mol. The molecule has 2 aromatic carbocycles. The minimum absolute atomic E-state index is 0.0103. The van der Waals surface area contributed by atoms with Crippen LogP contribution in [0.2, 0.25) is 0 Å². The van der Waals surface area contributed by atoms with Gasteiger partial charge in [0.05, 0.1) is 29.6 Å². The minimum atomic E-state index is -3.62. The molecule has 0 bridgehead atoms. The standard InChI is InChI=1S/C16H18O6S/c17-9-10-21-11-12-22-14-3-7-16(8-4-14)23(19,20)15-5-1-13(18)2-6-15/h1-8,17-18H,9-12H2. The molecule has 0 saturated carbocycles. The van der Waals surface area contributed by atoms with Crippen LogP contribution in [0.15, 0.2) is 58.3 Å². The lowest BCUT2D eigenvalue weighted by atomic mass is 10.3. The van der Waals surface area contributed by atoms with Gasteiger partial charge in [-0.2, -0.15) is 0 Å². The molecule has 23 heavy (non-hydrogen) atoms. The number of benzene rings is 2. The largest absolute Gasteiger partial charge is 0.508 e. The Hall–Kier alpha value is -2.09. The van der Waals surface area contributed by atoms with Crippen molar-refractivity contribution in [2.45, 2.75) is 9.79 Å². The maximum Gasteiger partial charge on any atom is 0.206 e. The predicted molar refractivity (Wildman–Crippen MR) is 83.4 cm³/mol. The fraction of sp³-hybridized carbons (Fsp3) is 0.250. The summed E-state index contributed by atoms with van der Waals surface area (Å²) in [6, 6.07) is 11.4. The summed E-state index contributed by atoms with van der Waals surface area (Å²) < 4.78 is 35.3. The van der Waals surface area contributed by atoms with Gasteiger partial charge < -0.3 is 19.7 Å². The number of phenols is 1. The first kappa shape index (κ1) is 17.3. The monoisotopic (exact) mass is 338 g/mol. The van der Waals surface area contributed by atoms with E-state index in [9.17, 15) is 13.5 Å². The van der Waals surface area contributed by atoms with Gasteiger partial charge in [0.15, 0.2) is 0 Å². The van der Waals surface area contributed by atoms with Crippen LogP contribution in [-0.2, 0) is 14.6 Å². The van der Waals surface area contributed by atoms with Gasteiger partial charge in [-0.1, -0.05) is 0 Å². The first-order valence-electron chi connectivity index (χ1n) is 6.99. The number of hydrogen-bond donors (Lipinski definition) is 2. The first-order chi connectivity index (χ1) is 11.0. The molecule has 0 aliphatic rings. The van der Waals surface area contributed by atoms with E-state index in [1.54, 1.807) is 12.1 Å². The van der Waals surface area contributed by atoms with Gasteiger partial charge in [-0.3, -0.25) is 0 Å². The summed E-state index contributed by atoms with van der Waals surface area (Å²) in [4.78, 5) is 0.258. The zero-order valence-corrected chi connectivity index (χ0v) is 13.2. The molecule has 2 N–H and O–H groups in total. The molecule has 0 unspecified atom stereocenters. The van der Waals surface area contributed by atoms with Crippen LogP contribution in [0.4, 0.5) is 0 Å². The average Bonchev–Trinajstić information content (AvgIpc) is 2.55. The molecule has 0 fully saturated rings. The van der Waals surface area contributed by atoms with Crippen LogP contribution >= 0.6 is 0 Å². The van der Waals surface area contributed by atoms with Crippen molar-refractivity contribution in [3.05, 3.63) is 48.5 Å². The third kappa shape index (κ3) is 4.69. The van der Waals surface area contributed by atoms with Gasteiger partial charge in [0.25, 0.3) is 0 Å². The number of sulfone groups is 1. The Labute approximate surface area is 134 Å². The van der Waals surface area contributed by atoms with E-state index < -0.39 is 9.84 Å². The number of aliphatic hydroxyl groups is 1. The molecule has 0 aliphatic carbocycles. The highest BCUT2D eigenvalue weighted by atomic mass is 32.2. The molecule has 0 aliphatic heterocycles. The summed E-state index contributed by atoms with van der Waals surface area (Å²) in [5, 5.41) is 17.8. The highest BCUT2D eigenvalue weighted by Crippen LogP contribution is 2.24. The normalized spacial score (nSPS) is 11.3. The van der Waals surface area contributed by atoms with Gasteiger partial charge in [0.1, 0.15) is 18.1 Å². The Kier molecular flexibility index (Phi) is 5.97. The summed E-state index contributed by atoms with van der Waals surface area (Å²) in [6.45, 7) is 0.870. The van der Waals surface area contributed by atoms with Crippen molar-refractivity contribution in [3.63, 3.8) is 0 Å². The smallest absolute Gasteiger partial charge is 0.206 e. The van der Waals surface area contributed by atoms with E-state index in [2.05, 4.69) is 0 Å². The van der Waals surface area contributed by atoms with E-state index in [1.165, 1.54) is 36.4 Å². The summed E-state index contributed by atoms with van der Waals surface area (Å²) in [7, 11) is -3.62. The zero-order valence-electron chi connectivity index (χ0n) is 12.4. The second-order valence-electron chi connectivity index (χ2n) is 4.65. The number of aromatic hydroxyl groups is 1. The topological polar surface area (TPSA) is 93.1 Å². The molecule has 0 aromatic heterocycles. The Morgan fingerprint density at radius 3 is 1.96 bits per heavy atom. The van der Waals surface area contributed by atoms with Crippen LogP contribution < -0.4 is 4.74 Å². The van der Waals surface area contributed by atoms with Crippen molar-refractivity contribution in [1.82, 2.24) is 0 Å². The lowest BCUT2D eigenvalue weighted by Gasteiger charge is -2.08. The van der Waals surface area contributed by atoms with E-state index >= 15 is 0 Å². The third-order valence-electron chi connectivity index (χ3n) is 3.01. The van der Waals surface area contributed by atoms with Crippen molar-refractivity contribution in [2.75, 3.05) is 26.4 Å². The molecule has 6 nitrogen and oxygen atoms in total. The molecule has 2 aromatic rings. The number of ether oxygens (including phenoxy) is 2. The third-order valence-corrected chi connectivity index (χ3v) is 4.80. The highest BCUT2D eigenvalue weighted by molar-refractivity contribution is 7.91. The maximum absolute atomic E-state index is 12.4. The summed E-state index contributed by atoms with van der Waals surface area (Å²) in [5.74, 6) is 0.540. The first-order valence-corrected chi connectivity index (χ1v) is 8.48. The second kappa shape index (κ2) is 7.96. The summed E-state index contributed by atoms with van der Waals surface area (Å²) in [6.07, 6.45) is 0. The van der Waals surface area contributed by atoms with E-state index in [4.69, 9.17) is 14.6 Å². The zero-order chi connectivity index (χ0) is 16.7. The Balaban J connectivity index is 2.02. The van der Waals surface area contributed by atoms with Crippen molar-refractivity contribution in [1.29, 1.82) is 0 Å². The summed E-state index contributed by atoms with van der Waals surface area (Å²) >= 11 is 0. The van der Waals surface area contributed by atoms with Crippen molar-refractivity contribution in [3.8, 4) is 11.5 Å². The van der Waals surface area contributed by atoms with Gasteiger partial charge in [0, 0.05) is 0 Å². The molecule has 0 amide bonds. The van der Waals surface area contributed by atoms with Crippen molar-refractivity contribution >= 4 is 9.84 Å². The number of rotatable bonds is 8. The summed E-state index contributed by atoms with van der Waals surface area (Å²) in [5.41, 5.74) is 0. The second-order valence-corrected chi connectivity index (χ2v) is 6.60. The average molecular weight is 338 g/mol. The molecule has 7 heteroatoms. The number of hydrogen-bond acceptors (Lipinski definition) is 6. The Morgan fingerprint density at radius 2 is 1.39 bits per heavy atom. The predicted octanol–water partition coefficient (Wildman–Crippen LogP) is 1.61. The highest BCUT2D eigenvalue weighted by Gasteiger charge is 2.17. The molecule has 124 valence electrons. The number of aliphatic hydroxyl groups excluding tert-OH is 1. The molecule has 0 spiro atoms. The van der Waals surface area contributed by atoms with Crippen LogP contribution in [0.5, 0.6) is 11.5 Å². The van der Waals surface area contributed by atoms with Gasteiger partial charge in [-0.25, -0.2) is 8.42 Å². The van der Waals surface area contributed by atoms with Crippen LogP contribution in [0.1, 0.15) is 0 Å². The van der Waals surface area contributed by atoms with Crippen LogP contribution in [-0.4, -0.2) is 45.1 Å². The minimum Gasteiger partial charge on any atom is -0.508 e. The van der Waals surface area contributed by atoms with Gasteiger partial charge in [0.2, 0.25) is 9.84 Å². The maximum atomic E-state index is 12.4. The van der Waals surface area contributed by atoms with Crippen molar-refractivity contribution < 1.29 is 28.1 Å². The Bertz CT molecular complexity index is 707. The van der Waals surface area contributed by atoms with Gasteiger partial charge in [-0.15, -0.1) is 0 Å². The lowest BCUT2D eigenvalue weighted by Crippen LogP contribution is -2.09. The molecule has 0 radical (unpaired) electrons. The molecule has 2 rings (SSSR count). The lowest BCUT2D eigenvalue weighted by molar-refractivity contribution is 0.0705. The quantitative estimate of drug-likeness (QED) is 0.711. The van der Waals surface area contributed by atoms with Gasteiger partial charge >= 0.3 is 0 Å². The van der Waals surface area contributed by atoms with Crippen LogP contribution in [0.25, 0.3) is 0 Å². The van der Waals surface area contributed by atoms with Crippen molar-refractivity contribution in [2.24, 2.45) is 0 Å². The number of phenolic OH excluding ortho intramolecular Hbond substituents is 1. The van der Waals surface area contributed by atoms with E-state index in [0.717, 1.165) is 0 Å². The van der Waals surface area contributed by atoms with E-state index in [0.29, 0.717) is 19.0 Å². The molecule has 0 atom stereocenters. The molecule has 0 heterocycles. The van der Waals surface area contributed by atoms with Crippen LogP contribution in [0.3, 0.4) is 0 Å². The molecular formula is C16H18O6S. The SMILES string of the molecule is O=S(=O)(c1ccc(O)cc1)c1ccc(OCCOCCO)cc1. The van der Waals surface area contributed by atoms with E-state index in [-0.39, 0.29) is 28.8 Å². The van der Waals surface area contributed by atoms with Crippen LogP contribution in [0, 0.1) is 0 Å². The van der Waals surface area contributed by atoms with Gasteiger partial charge in [-0.05, 0) is 48.5 Å².